The molecule has 0 radical (unpaired) electrons. The standard InChI is InChI=1S/C32H36N6O8/c1-20(39)34-25(14-22-10-6-4-7-11-22)31(43)37-27-16-24(46-19-29(41)33-18-30(42)45-3)17-28(36-27)38-32(44)26(35-21(2)40)15-23-12-8-5-9-13-23/h4-13,16-17,25-26H,14-15,18-19H2,1-3H3,(H,33,41)(H,34,39)(H,35,40)(H2,36,37,38,43,44)/t25-,26-/m0/s1. The predicted molar refractivity (Wildman–Crippen MR) is 168 cm³/mol. The largest absolute Gasteiger partial charge is 0.484 e. The fourth-order valence-corrected chi connectivity index (χ4v) is 4.20. The van der Waals surface area contributed by atoms with Crippen LogP contribution in [-0.2, 0) is 46.3 Å². The van der Waals surface area contributed by atoms with Gasteiger partial charge in [0.25, 0.3) is 5.91 Å². The molecule has 3 aromatic rings. The molecule has 1 aromatic heterocycles. The topological polar surface area (TPSA) is 194 Å². The Kier molecular flexibility index (Phi) is 13.2. The predicted octanol–water partition coefficient (Wildman–Crippen LogP) is 1.12. The van der Waals surface area contributed by atoms with Gasteiger partial charge in [0.1, 0.15) is 36.0 Å². The van der Waals surface area contributed by atoms with E-state index in [4.69, 9.17) is 4.74 Å². The Bertz CT molecular complexity index is 1440. The molecular weight excluding hydrogens is 596 g/mol. The molecule has 14 heteroatoms. The second kappa shape index (κ2) is 17.5. The summed E-state index contributed by atoms with van der Waals surface area (Å²) in [5.41, 5.74) is 1.60. The van der Waals surface area contributed by atoms with Crippen LogP contribution in [-0.4, -0.2) is 72.8 Å². The second-order valence-electron chi connectivity index (χ2n) is 10.1. The van der Waals surface area contributed by atoms with E-state index in [1.165, 1.54) is 33.1 Å². The van der Waals surface area contributed by atoms with E-state index in [1.807, 2.05) is 60.7 Å². The van der Waals surface area contributed by atoms with Crippen LogP contribution in [0, 0.1) is 0 Å². The van der Waals surface area contributed by atoms with Gasteiger partial charge in [-0.3, -0.25) is 28.8 Å². The van der Waals surface area contributed by atoms with Crippen LogP contribution < -0.4 is 31.3 Å². The summed E-state index contributed by atoms with van der Waals surface area (Å²) >= 11 is 0. The van der Waals surface area contributed by atoms with Crippen molar-refractivity contribution in [2.75, 3.05) is 30.9 Å². The molecular formula is C32H36N6O8. The van der Waals surface area contributed by atoms with Gasteiger partial charge >= 0.3 is 5.97 Å². The molecule has 1 heterocycles. The first-order valence-electron chi connectivity index (χ1n) is 14.2. The van der Waals surface area contributed by atoms with Crippen molar-refractivity contribution < 1.29 is 38.2 Å². The maximum atomic E-state index is 13.3. The highest BCUT2D eigenvalue weighted by atomic mass is 16.5. The number of carbonyl (C=O) groups is 6. The Morgan fingerprint density at radius 2 is 1.17 bits per heavy atom. The maximum Gasteiger partial charge on any atom is 0.325 e. The maximum absolute atomic E-state index is 13.3. The van der Waals surface area contributed by atoms with Gasteiger partial charge in [0.05, 0.1) is 7.11 Å². The summed E-state index contributed by atoms with van der Waals surface area (Å²) in [4.78, 5) is 78.3. The molecule has 0 saturated heterocycles. The third-order valence-electron chi connectivity index (χ3n) is 6.28. The molecule has 0 aliphatic rings. The molecule has 0 aliphatic heterocycles. The summed E-state index contributed by atoms with van der Waals surface area (Å²) in [6, 6.07) is 18.9. The Morgan fingerprint density at radius 3 is 1.59 bits per heavy atom. The number of pyridine rings is 1. The first kappa shape index (κ1) is 34.7. The Balaban J connectivity index is 1.85. The van der Waals surface area contributed by atoms with Crippen molar-refractivity contribution in [2.45, 2.75) is 38.8 Å². The number of hydrogen-bond acceptors (Lipinski definition) is 9. The zero-order chi connectivity index (χ0) is 33.5. The van der Waals surface area contributed by atoms with E-state index in [0.717, 1.165) is 11.1 Å². The minimum absolute atomic E-state index is 0.0343. The quantitative estimate of drug-likeness (QED) is 0.153. The number of carbonyl (C=O) groups excluding carboxylic acids is 6. The van der Waals surface area contributed by atoms with Crippen molar-refractivity contribution in [3.63, 3.8) is 0 Å². The van der Waals surface area contributed by atoms with Crippen LogP contribution in [0.1, 0.15) is 25.0 Å². The number of rotatable bonds is 15. The fraction of sp³-hybridized carbons (Fsp3) is 0.281. The highest BCUT2D eigenvalue weighted by Gasteiger charge is 2.23. The summed E-state index contributed by atoms with van der Waals surface area (Å²) in [6.07, 6.45) is 0.370. The van der Waals surface area contributed by atoms with Crippen LogP contribution in [0.25, 0.3) is 0 Å². The van der Waals surface area contributed by atoms with Crippen molar-refractivity contribution in [3.05, 3.63) is 83.9 Å². The molecule has 2 atom stereocenters. The van der Waals surface area contributed by atoms with E-state index >= 15 is 0 Å². The molecule has 2 aromatic carbocycles. The SMILES string of the molecule is COC(=O)CNC(=O)COc1cc(NC(=O)[C@H](Cc2ccccc2)NC(C)=O)nc(NC(=O)[C@H](Cc2ccccc2)NC(C)=O)c1. The number of methoxy groups -OCH3 is 1. The molecule has 0 fully saturated rings. The smallest absolute Gasteiger partial charge is 0.325 e. The highest BCUT2D eigenvalue weighted by molar-refractivity contribution is 5.98. The van der Waals surface area contributed by atoms with Crippen LogP contribution in [0.4, 0.5) is 11.6 Å². The van der Waals surface area contributed by atoms with E-state index in [1.54, 1.807) is 0 Å². The Labute approximate surface area is 265 Å². The number of benzene rings is 2. The molecule has 5 amide bonds. The minimum Gasteiger partial charge on any atom is -0.484 e. The van der Waals surface area contributed by atoms with E-state index in [-0.39, 0.29) is 36.8 Å². The third kappa shape index (κ3) is 12.1. The molecule has 5 N–H and O–H groups in total. The average Bonchev–Trinajstić information content (AvgIpc) is 3.02. The normalized spacial score (nSPS) is 11.6. The number of hydrogen-bond donors (Lipinski definition) is 5. The zero-order valence-corrected chi connectivity index (χ0v) is 25.6. The molecule has 0 saturated carbocycles. The number of ether oxygens (including phenoxy) is 2. The fourth-order valence-electron chi connectivity index (χ4n) is 4.20. The molecule has 0 bridgehead atoms. The summed E-state index contributed by atoms with van der Waals surface area (Å²) in [5.74, 6) is -3.42. The van der Waals surface area contributed by atoms with E-state index in [0.29, 0.717) is 0 Å². The monoisotopic (exact) mass is 632 g/mol. The molecule has 0 spiro atoms. The van der Waals surface area contributed by atoms with E-state index in [2.05, 4.69) is 36.3 Å². The summed E-state index contributed by atoms with van der Waals surface area (Å²) < 4.78 is 10.1. The van der Waals surface area contributed by atoms with Crippen molar-refractivity contribution in [1.82, 2.24) is 20.9 Å². The lowest BCUT2D eigenvalue weighted by molar-refractivity contribution is -0.141. The van der Waals surface area contributed by atoms with Gasteiger partial charge in [0.15, 0.2) is 6.61 Å². The van der Waals surface area contributed by atoms with Crippen molar-refractivity contribution >= 4 is 47.1 Å². The van der Waals surface area contributed by atoms with Gasteiger partial charge in [0, 0.05) is 38.8 Å². The van der Waals surface area contributed by atoms with Crippen LogP contribution >= 0.6 is 0 Å². The first-order chi connectivity index (χ1) is 22.0. The van der Waals surface area contributed by atoms with Crippen LogP contribution in [0.2, 0.25) is 0 Å². The number of aromatic nitrogens is 1. The van der Waals surface area contributed by atoms with Crippen molar-refractivity contribution in [1.29, 1.82) is 0 Å². The third-order valence-corrected chi connectivity index (χ3v) is 6.28. The molecule has 46 heavy (non-hydrogen) atoms. The number of nitrogens with zero attached hydrogens (tertiary/aromatic N) is 1. The van der Waals surface area contributed by atoms with Gasteiger partial charge in [0.2, 0.25) is 23.6 Å². The van der Waals surface area contributed by atoms with Crippen LogP contribution in [0.5, 0.6) is 5.75 Å². The molecule has 0 aliphatic carbocycles. The number of esters is 1. The average molecular weight is 633 g/mol. The van der Waals surface area contributed by atoms with Gasteiger partial charge in [-0.15, -0.1) is 0 Å². The lowest BCUT2D eigenvalue weighted by Gasteiger charge is -2.20. The van der Waals surface area contributed by atoms with Crippen molar-refractivity contribution in [3.8, 4) is 5.75 Å². The molecule has 242 valence electrons. The van der Waals surface area contributed by atoms with Gasteiger partial charge in [-0.2, -0.15) is 0 Å². The van der Waals surface area contributed by atoms with Crippen LogP contribution in [0.3, 0.4) is 0 Å². The van der Waals surface area contributed by atoms with Gasteiger partial charge < -0.3 is 36.1 Å². The second-order valence-corrected chi connectivity index (χ2v) is 10.1. The van der Waals surface area contributed by atoms with Crippen LogP contribution in [0.15, 0.2) is 72.8 Å². The molecule has 14 nitrogen and oxygen atoms in total. The number of nitrogens with one attached hydrogen (secondary N) is 5. The Morgan fingerprint density at radius 1 is 0.717 bits per heavy atom. The van der Waals surface area contributed by atoms with Gasteiger partial charge in [-0.25, -0.2) is 4.98 Å². The summed E-state index contributed by atoms with van der Waals surface area (Å²) in [7, 11) is 1.18. The molecule has 3 rings (SSSR count). The van der Waals surface area contributed by atoms with Gasteiger partial charge in [-0.05, 0) is 11.1 Å². The zero-order valence-electron chi connectivity index (χ0n) is 25.6. The highest BCUT2D eigenvalue weighted by Crippen LogP contribution is 2.22. The van der Waals surface area contributed by atoms with Crippen molar-refractivity contribution in [2.24, 2.45) is 0 Å². The molecule has 0 unspecified atom stereocenters. The van der Waals surface area contributed by atoms with E-state index in [9.17, 15) is 28.8 Å². The first-order valence-corrected chi connectivity index (χ1v) is 14.2. The number of anilines is 2. The van der Waals surface area contributed by atoms with E-state index < -0.39 is 54.2 Å². The lowest BCUT2D eigenvalue weighted by Crippen LogP contribution is -2.45. The number of amides is 5. The van der Waals surface area contributed by atoms with Gasteiger partial charge in [-0.1, -0.05) is 60.7 Å². The lowest BCUT2D eigenvalue weighted by atomic mass is 10.1. The minimum atomic E-state index is -0.969. The summed E-state index contributed by atoms with van der Waals surface area (Å²) in [5, 5.41) is 12.8. The summed E-state index contributed by atoms with van der Waals surface area (Å²) in [6.45, 7) is 1.69. The Hall–Kier alpha value is -5.79.